The number of fused-ring (bicyclic) bond motifs is 1. The Morgan fingerprint density at radius 1 is 1.03 bits per heavy atom. The smallest absolute Gasteiger partial charge is 0.251 e. The molecule has 1 amide bonds. The fourth-order valence-electron chi connectivity index (χ4n) is 3.77. The van der Waals surface area contributed by atoms with Crippen LogP contribution in [0.25, 0.3) is 11.0 Å². The predicted molar refractivity (Wildman–Crippen MR) is 112 cm³/mol. The normalized spacial score (nSPS) is 19.1. The Bertz CT molecular complexity index is 1010. The molecule has 0 saturated heterocycles. The largest absolute Gasteiger partial charge is 0.377 e. The molecule has 1 aliphatic carbocycles. The summed E-state index contributed by atoms with van der Waals surface area (Å²) in [4.78, 5) is 19.3. The van der Waals surface area contributed by atoms with E-state index in [1.807, 2.05) is 21.0 Å². The summed E-state index contributed by atoms with van der Waals surface area (Å²) in [6, 6.07) is 9.90. The number of carbonyl (C=O) groups is 1. The first-order valence-electron chi connectivity index (χ1n) is 9.93. The Balaban J connectivity index is 1.32. The van der Waals surface area contributed by atoms with Crippen LogP contribution in [0.4, 0.5) is 11.5 Å². The van der Waals surface area contributed by atoms with Crippen molar-refractivity contribution in [2.75, 3.05) is 24.3 Å². The quantitative estimate of drug-likeness (QED) is 0.686. The van der Waals surface area contributed by atoms with Gasteiger partial charge in [0, 0.05) is 49.2 Å². The standard InChI is InChI=1S/C21H26N6O2/c1-13-10-17(27(2)3)12-20(22-13)23-15-5-7-16(8-6-15)24-21(28)14-4-9-18-19(11-14)26-29-25-18/h4,9-12,15-16H,5-8H2,1-3H3,(H,22,23)(H,24,28)/t15-,16+. The van der Waals surface area contributed by atoms with Gasteiger partial charge < -0.3 is 15.5 Å². The molecule has 0 bridgehead atoms. The third-order valence-electron chi connectivity index (χ3n) is 5.38. The summed E-state index contributed by atoms with van der Waals surface area (Å²) < 4.78 is 4.69. The summed E-state index contributed by atoms with van der Waals surface area (Å²) >= 11 is 0. The first kappa shape index (κ1) is 19.2. The highest BCUT2D eigenvalue weighted by Gasteiger charge is 2.23. The van der Waals surface area contributed by atoms with E-state index in [-0.39, 0.29) is 11.9 Å². The first-order chi connectivity index (χ1) is 14.0. The van der Waals surface area contributed by atoms with Gasteiger partial charge in [-0.1, -0.05) is 0 Å². The van der Waals surface area contributed by atoms with Crippen LogP contribution >= 0.6 is 0 Å². The Morgan fingerprint density at radius 2 is 1.76 bits per heavy atom. The Kier molecular flexibility index (Phi) is 5.33. The number of hydrogen-bond acceptors (Lipinski definition) is 7. The maximum absolute atomic E-state index is 12.6. The third kappa shape index (κ3) is 4.47. The molecule has 1 saturated carbocycles. The average molecular weight is 394 g/mol. The minimum Gasteiger partial charge on any atom is -0.377 e. The van der Waals surface area contributed by atoms with Crippen LogP contribution in [0, 0.1) is 6.92 Å². The number of anilines is 2. The number of aryl methyl sites for hydroxylation is 1. The highest BCUT2D eigenvalue weighted by atomic mass is 16.6. The van der Waals surface area contributed by atoms with Crippen molar-refractivity contribution in [3.05, 3.63) is 41.6 Å². The van der Waals surface area contributed by atoms with Gasteiger partial charge in [-0.25, -0.2) is 9.61 Å². The molecule has 4 rings (SSSR count). The second-order valence-electron chi connectivity index (χ2n) is 7.88. The van der Waals surface area contributed by atoms with Crippen LogP contribution in [0.1, 0.15) is 41.7 Å². The van der Waals surface area contributed by atoms with E-state index in [2.05, 4.69) is 43.0 Å². The van der Waals surface area contributed by atoms with Crippen molar-refractivity contribution in [2.45, 2.75) is 44.7 Å². The Morgan fingerprint density at radius 3 is 2.52 bits per heavy atom. The van der Waals surface area contributed by atoms with Crippen molar-refractivity contribution >= 4 is 28.4 Å². The highest BCUT2D eigenvalue weighted by molar-refractivity contribution is 5.97. The number of nitrogens with one attached hydrogen (secondary N) is 2. The molecule has 2 aromatic heterocycles. The summed E-state index contributed by atoms with van der Waals surface area (Å²) in [6.07, 6.45) is 3.85. The fourth-order valence-corrected chi connectivity index (χ4v) is 3.77. The molecule has 8 heteroatoms. The average Bonchev–Trinajstić information content (AvgIpc) is 3.17. The van der Waals surface area contributed by atoms with E-state index in [4.69, 9.17) is 4.63 Å². The Labute approximate surface area is 169 Å². The molecule has 3 aromatic rings. The highest BCUT2D eigenvalue weighted by Crippen LogP contribution is 2.24. The SMILES string of the molecule is Cc1cc(N(C)C)cc(N[C@H]2CC[C@@H](NC(=O)c3ccc4nonc4c3)CC2)n1. The number of carbonyl (C=O) groups excluding carboxylic acids is 1. The lowest BCUT2D eigenvalue weighted by molar-refractivity contribution is 0.0926. The molecular weight excluding hydrogens is 368 g/mol. The Hall–Kier alpha value is -3.16. The molecule has 8 nitrogen and oxygen atoms in total. The number of nitrogens with zero attached hydrogens (tertiary/aromatic N) is 4. The van der Waals surface area contributed by atoms with Crippen LogP contribution in [0.5, 0.6) is 0 Å². The number of hydrogen-bond donors (Lipinski definition) is 2. The second-order valence-corrected chi connectivity index (χ2v) is 7.88. The molecular formula is C21H26N6O2. The minimum atomic E-state index is -0.0812. The molecule has 0 radical (unpaired) electrons. The molecule has 29 heavy (non-hydrogen) atoms. The summed E-state index contributed by atoms with van der Waals surface area (Å²) in [5.74, 6) is 0.831. The summed E-state index contributed by atoms with van der Waals surface area (Å²) in [6.45, 7) is 2.01. The maximum atomic E-state index is 12.6. The number of aromatic nitrogens is 3. The van der Waals surface area contributed by atoms with E-state index in [9.17, 15) is 4.79 Å². The van der Waals surface area contributed by atoms with Gasteiger partial charge in [0.15, 0.2) is 0 Å². The van der Waals surface area contributed by atoms with Crippen molar-refractivity contribution in [3.8, 4) is 0 Å². The van der Waals surface area contributed by atoms with Gasteiger partial charge >= 0.3 is 0 Å². The maximum Gasteiger partial charge on any atom is 0.251 e. The zero-order chi connectivity index (χ0) is 20.4. The molecule has 0 spiro atoms. The van der Waals surface area contributed by atoms with Crippen LogP contribution in [0.3, 0.4) is 0 Å². The van der Waals surface area contributed by atoms with E-state index in [0.29, 0.717) is 22.6 Å². The number of benzene rings is 1. The molecule has 1 fully saturated rings. The third-order valence-corrected chi connectivity index (χ3v) is 5.38. The number of amides is 1. The summed E-state index contributed by atoms with van der Waals surface area (Å²) in [5, 5.41) is 14.3. The van der Waals surface area contributed by atoms with Crippen molar-refractivity contribution in [1.29, 1.82) is 0 Å². The lowest BCUT2D eigenvalue weighted by Gasteiger charge is -2.30. The minimum absolute atomic E-state index is 0.0812. The van der Waals surface area contributed by atoms with E-state index < -0.39 is 0 Å². The summed E-state index contributed by atoms with van der Waals surface area (Å²) in [5.41, 5.74) is 3.96. The van der Waals surface area contributed by atoms with Crippen molar-refractivity contribution in [2.24, 2.45) is 0 Å². The predicted octanol–water partition coefficient (Wildman–Crippen LogP) is 3.15. The fraction of sp³-hybridized carbons (Fsp3) is 0.429. The molecule has 0 unspecified atom stereocenters. The summed E-state index contributed by atoms with van der Waals surface area (Å²) in [7, 11) is 4.06. The molecule has 1 aromatic carbocycles. The molecule has 1 aliphatic rings. The van der Waals surface area contributed by atoms with Gasteiger partial charge in [-0.3, -0.25) is 4.79 Å². The molecule has 0 atom stereocenters. The first-order valence-corrected chi connectivity index (χ1v) is 9.93. The van der Waals surface area contributed by atoms with Gasteiger partial charge in [0.2, 0.25) is 0 Å². The number of pyridine rings is 1. The van der Waals surface area contributed by atoms with E-state index >= 15 is 0 Å². The van der Waals surface area contributed by atoms with Crippen molar-refractivity contribution in [1.82, 2.24) is 20.6 Å². The van der Waals surface area contributed by atoms with Gasteiger partial charge in [0.1, 0.15) is 16.9 Å². The van der Waals surface area contributed by atoms with Crippen LogP contribution in [-0.2, 0) is 0 Å². The van der Waals surface area contributed by atoms with Crippen molar-refractivity contribution < 1.29 is 9.42 Å². The van der Waals surface area contributed by atoms with Crippen LogP contribution in [0.2, 0.25) is 0 Å². The molecule has 2 N–H and O–H groups in total. The van der Waals surface area contributed by atoms with E-state index in [1.54, 1.807) is 18.2 Å². The van der Waals surface area contributed by atoms with E-state index in [0.717, 1.165) is 42.9 Å². The van der Waals surface area contributed by atoms with Gasteiger partial charge in [-0.05, 0) is 67.2 Å². The monoisotopic (exact) mass is 394 g/mol. The van der Waals surface area contributed by atoms with E-state index in [1.165, 1.54) is 0 Å². The topological polar surface area (TPSA) is 96.2 Å². The van der Waals surface area contributed by atoms with Gasteiger partial charge in [-0.15, -0.1) is 0 Å². The number of rotatable bonds is 5. The molecule has 152 valence electrons. The zero-order valence-electron chi connectivity index (χ0n) is 17.0. The zero-order valence-corrected chi connectivity index (χ0v) is 17.0. The van der Waals surface area contributed by atoms with Crippen LogP contribution in [0.15, 0.2) is 35.0 Å². The second kappa shape index (κ2) is 8.06. The van der Waals surface area contributed by atoms with Crippen LogP contribution in [-0.4, -0.2) is 47.4 Å². The van der Waals surface area contributed by atoms with Crippen molar-refractivity contribution in [3.63, 3.8) is 0 Å². The lowest BCUT2D eigenvalue weighted by atomic mass is 9.91. The van der Waals surface area contributed by atoms with Crippen LogP contribution < -0.4 is 15.5 Å². The van der Waals surface area contributed by atoms with Gasteiger partial charge in [0.05, 0.1) is 0 Å². The molecule has 0 aliphatic heterocycles. The lowest BCUT2D eigenvalue weighted by Crippen LogP contribution is -2.40. The van der Waals surface area contributed by atoms with Gasteiger partial charge in [0.25, 0.3) is 5.91 Å². The van der Waals surface area contributed by atoms with Gasteiger partial charge in [-0.2, -0.15) is 0 Å². The molecule has 2 heterocycles.